The molecular weight excluding hydrogens is 450 g/mol. The summed E-state index contributed by atoms with van der Waals surface area (Å²) in [6.45, 7) is 0.339. The first-order valence-corrected chi connectivity index (χ1v) is 11.4. The third kappa shape index (κ3) is 3.64. The van der Waals surface area contributed by atoms with Crippen LogP contribution >= 0.6 is 27.3 Å². The van der Waals surface area contributed by atoms with E-state index in [2.05, 4.69) is 26.2 Å². The fourth-order valence-corrected chi connectivity index (χ4v) is 7.00. The number of halogens is 1. The lowest BCUT2D eigenvalue weighted by atomic mass is 10.2. The second-order valence-electron chi connectivity index (χ2n) is 6.24. The van der Waals surface area contributed by atoms with Gasteiger partial charge in [-0.15, -0.1) is 11.3 Å². The number of rotatable bonds is 4. The second-order valence-corrected chi connectivity index (χ2v) is 10.8. The summed E-state index contributed by atoms with van der Waals surface area (Å²) in [5.41, 5.74) is 1.39. The average Bonchev–Trinajstić information content (AvgIpc) is 3.31. The Kier molecular flexibility index (Phi) is 5.02. The number of benzene rings is 1. The highest BCUT2D eigenvalue weighted by Crippen LogP contribution is 2.32. The SMILES string of the molecule is O=C(Nc1cnc2ccccc2c1)[C@H]1CCCN1S(=O)(=O)c1ccc(Br)s1. The van der Waals surface area contributed by atoms with Crippen molar-refractivity contribution in [2.45, 2.75) is 23.1 Å². The first kappa shape index (κ1) is 18.5. The number of amides is 1. The predicted octanol–water partition coefficient (Wildman–Crippen LogP) is 3.85. The first-order valence-electron chi connectivity index (χ1n) is 8.38. The molecule has 0 bridgehead atoms. The van der Waals surface area contributed by atoms with Crippen molar-refractivity contribution >= 4 is 59.8 Å². The Balaban J connectivity index is 1.56. The number of fused-ring (bicyclic) bond motifs is 1. The average molecular weight is 466 g/mol. The highest BCUT2D eigenvalue weighted by molar-refractivity contribution is 9.11. The summed E-state index contributed by atoms with van der Waals surface area (Å²) in [6, 6.07) is 12.0. The molecule has 9 heteroatoms. The molecule has 1 N–H and O–H groups in total. The van der Waals surface area contributed by atoms with Gasteiger partial charge in [0.25, 0.3) is 10.0 Å². The Hall–Kier alpha value is -1.81. The Morgan fingerprint density at radius 2 is 2.07 bits per heavy atom. The Morgan fingerprint density at radius 3 is 2.85 bits per heavy atom. The van der Waals surface area contributed by atoms with Crippen LogP contribution in [-0.4, -0.2) is 36.2 Å². The fraction of sp³-hybridized carbons (Fsp3) is 0.222. The van der Waals surface area contributed by atoms with Gasteiger partial charge in [-0.05, 0) is 53.0 Å². The van der Waals surface area contributed by atoms with Gasteiger partial charge in [0.15, 0.2) is 0 Å². The minimum Gasteiger partial charge on any atom is -0.323 e. The molecule has 1 saturated heterocycles. The van der Waals surface area contributed by atoms with Gasteiger partial charge in [0, 0.05) is 11.9 Å². The topological polar surface area (TPSA) is 79.4 Å². The van der Waals surface area contributed by atoms with Crippen LogP contribution in [0.5, 0.6) is 0 Å². The maximum atomic E-state index is 12.9. The van der Waals surface area contributed by atoms with Gasteiger partial charge in [-0.1, -0.05) is 18.2 Å². The molecule has 6 nitrogen and oxygen atoms in total. The smallest absolute Gasteiger partial charge is 0.253 e. The number of para-hydroxylation sites is 1. The number of hydrogen-bond acceptors (Lipinski definition) is 5. The third-order valence-electron chi connectivity index (χ3n) is 4.48. The van der Waals surface area contributed by atoms with Crippen molar-refractivity contribution in [3.05, 3.63) is 52.4 Å². The number of pyridine rings is 1. The van der Waals surface area contributed by atoms with Crippen LogP contribution in [0.4, 0.5) is 5.69 Å². The molecule has 3 aromatic rings. The molecule has 4 rings (SSSR count). The molecule has 27 heavy (non-hydrogen) atoms. The molecule has 0 unspecified atom stereocenters. The van der Waals surface area contributed by atoms with Crippen molar-refractivity contribution in [1.82, 2.24) is 9.29 Å². The van der Waals surface area contributed by atoms with Gasteiger partial charge in [0.05, 0.1) is 21.2 Å². The van der Waals surface area contributed by atoms with E-state index in [4.69, 9.17) is 0 Å². The number of carbonyl (C=O) groups excluding carboxylic acids is 1. The predicted molar refractivity (Wildman–Crippen MR) is 109 cm³/mol. The Morgan fingerprint density at radius 1 is 1.26 bits per heavy atom. The van der Waals surface area contributed by atoms with E-state index in [0.717, 1.165) is 26.0 Å². The van der Waals surface area contributed by atoms with Crippen LogP contribution in [0.25, 0.3) is 10.9 Å². The van der Waals surface area contributed by atoms with Crippen molar-refractivity contribution in [3.8, 4) is 0 Å². The number of anilines is 1. The molecule has 1 aliphatic heterocycles. The van der Waals surface area contributed by atoms with Crippen LogP contribution in [0.15, 0.2) is 56.7 Å². The van der Waals surface area contributed by atoms with E-state index < -0.39 is 16.1 Å². The minimum absolute atomic E-state index is 0.237. The molecule has 2 aromatic heterocycles. The zero-order chi connectivity index (χ0) is 19.0. The Labute approximate surface area is 169 Å². The van der Waals surface area contributed by atoms with Gasteiger partial charge in [-0.2, -0.15) is 4.31 Å². The molecule has 0 aliphatic carbocycles. The summed E-state index contributed by atoms with van der Waals surface area (Å²) in [7, 11) is -3.69. The fourth-order valence-electron chi connectivity index (χ4n) is 3.21. The molecule has 3 heterocycles. The van der Waals surface area contributed by atoms with Gasteiger partial charge in [0.1, 0.15) is 10.3 Å². The maximum Gasteiger partial charge on any atom is 0.253 e. The van der Waals surface area contributed by atoms with E-state index in [-0.39, 0.29) is 10.1 Å². The number of sulfonamides is 1. The van der Waals surface area contributed by atoms with Crippen LogP contribution in [-0.2, 0) is 14.8 Å². The number of carbonyl (C=O) groups is 1. The van der Waals surface area contributed by atoms with E-state index in [1.807, 2.05) is 30.3 Å². The van der Waals surface area contributed by atoms with Crippen LogP contribution in [0.2, 0.25) is 0 Å². The van der Waals surface area contributed by atoms with Crippen LogP contribution in [0, 0.1) is 0 Å². The van der Waals surface area contributed by atoms with E-state index in [9.17, 15) is 13.2 Å². The lowest BCUT2D eigenvalue weighted by molar-refractivity contribution is -0.119. The minimum atomic E-state index is -3.69. The van der Waals surface area contributed by atoms with Crippen LogP contribution < -0.4 is 5.32 Å². The van der Waals surface area contributed by atoms with E-state index >= 15 is 0 Å². The van der Waals surface area contributed by atoms with Crippen molar-refractivity contribution in [3.63, 3.8) is 0 Å². The lowest BCUT2D eigenvalue weighted by Gasteiger charge is -2.22. The van der Waals surface area contributed by atoms with Crippen molar-refractivity contribution in [2.24, 2.45) is 0 Å². The highest BCUT2D eigenvalue weighted by Gasteiger charge is 2.40. The van der Waals surface area contributed by atoms with Crippen molar-refractivity contribution < 1.29 is 13.2 Å². The van der Waals surface area contributed by atoms with Crippen molar-refractivity contribution in [2.75, 3.05) is 11.9 Å². The highest BCUT2D eigenvalue weighted by atomic mass is 79.9. The van der Waals surface area contributed by atoms with E-state index in [0.29, 0.717) is 25.1 Å². The van der Waals surface area contributed by atoms with Crippen LogP contribution in [0.1, 0.15) is 12.8 Å². The number of hydrogen-bond donors (Lipinski definition) is 1. The first-order chi connectivity index (χ1) is 12.9. The van der Waals surface area contributed by atoms with Crippen LogP contribution in [0.3, 0.4) is 0 Å². The molecule has 1 atom stereocenters. The quantitative estimate of drug-likeness (QED) is 0.634. The number of aromatic nitrogens is 1. The van der Waals surface area contributed by atoms with Gasteiger partial charge >= 0.3 is 0 Å². The molecule has 140 valence electrons. The van der Waals surface area contributed by atoms with E-state index in [1.165, 1.54) is 4.31 Å². The molecular formula is C18H16BrN3O3S2. The lowest BCUT2D eigenvalue weighted by Crippen LogP contribution is -2.42. The monoisotopic (exact) mass is 465 g/mol. The van der Waals surface area contributed by atoms with E-state index in [1.54, 1.807) is 18.3 Å². The van der Waals surface area contributed by atoms with Gasteiger partial charge < -0.3 is 5.32 Å². The zero-order valence-corrected chi connectivity index (χ0v) is 17.4. The number of nitrogens with one attached hydrogen (secondary N) is 1. The zero-order valence-electron chi connectivity index (χ0n) is 14.1. The van der Waals surface area contributed by atoms with Gasteiger partial charge in [-0.25, -0.2) is 8.42 Å². The normalized spacial score (nSPS) is 18.0. The summed E-state index contributed by atoms with van der Waals surface area (Å²) < 4.78 is 28.1. The largest absolute Gasteiger partial charge is 0.323 e. The summed E-state index contributed by atoms with van der Waals surface area (Å²) in [5, 5.41) is 3.73. The molecule has 0 saturated carbocycles. The summed E-state index contributed by atoms with van der Waals surface area (Å²) >= 11 is 4.44. The summed E-state index contributed by atoms with van der Waals surface area (Å²) in [4.78, 5) is 17.1. The summed E-state index contributed by atoms with van der Waals surface area (Å²) in [5.74, 6) is -0.330. The standard InChI is InChI=1S/C18H16BrN3O3S2/c19-16-7-8-17(26-16)27(24,25)22-9-3-6-15(22)18(23)21-13-10-12-4-1-2-5-14(12)20-11-13/h1-2,4-5,7-8,10-11,15H,3,6,9H2,(H,21,23)/t15-/m1/s1. The maximum absolute atomic E-state index is 12.9. The van der Waals surface area contributed by atoms with Gasteiger partial charge in [-0.3, -0.25) is 9.78 Å². The molecule has 1 amide bonds. The summed E-state index contributed by atoms with van der Waals surface area (Å²) in [6.07, 6.45) is 2.74. The molecule has 1 aliphatic rings. The van der Waals surface area contributed by atoms with Gasteiger partial charge in [0.2, 0.25) is 5.91 Å². The third-order valence-corrected chi connectivity index (χ3v) is 8.48. The molecule has 1 fully saturated rings. The molecule has 0 radical (unpaired) electrons. The molecule has 0 spiro atoms. The number of nitrogens with zero attached hydrogens (tertiary/aromatic N) is 2. The Bertz CT molecular complexity index is 1110. The molecule has 1 aromatic carbocycles. The number of thiophene rings is 1. The second kappa shape index (κ2) is 7.31. The van der Waals surface area contributed by atoms with Crippen molar-refractivity contribution in [1.29, 1.82) is 0 Å².